The minimum atomic E-state index is -0.198. The van der Waals surface area contributed by atoms with Crippen molar-refractivity contribution in [1.29, 1.82) is 0 Å². The van der Waals surface area contributed by atoms with E-state index < -0.39 is 0 Å². The molecular formula is C16H24N2O3. The fourth-order valence-corrected chi connectivity index (χ4v) is 2.59. The number of nitrogens with one attached hydrogen (secondary N) is 1. The topological polar surface area (TPSA) is 60.3 Å². The highest BCUT2D eigenvalue weighted by Crippen LogP contribution is 2.20. The lowest BCUT2D eigenvalue weighted by Crippen LogP contribution is -2.28. The zero-order valence-corrected chi connectivity index (χ0v) is 12.6. The van der Waals surface area contributed by atoms with Crippen LogP contribution in [0.4, 0.5) is 0 Å². The largest absolute Gasteiger partial charge is 0.378 e. The Morgan fingerprint density at radius 2 is 2.19 bits per heavy atom. The lowest BCUT2D eigenvalue weighted by atomic mass is 10.2. The number of nitrogens with zero attached hydrogens (tertiary/aromatic N) is 1. The van der Waals surface area contributed by atoms with Gasteiger partial charge in [0, 0.05) is 37.5 Å². The van der Waals surface area contributed by atoms with Crippen molar-refractivity contribution in [3.63, 3.8) is 0 Å². The van der Waals surface area contributed by atoms with Crippen molar-refractivity contribution >= 4 is 5.91 Å². The highest BCUT2D eigenvalue weighted by Gasteiger charge is 2.14. The molecule has 0 saturated heterocycles. The second kappa shape index (κ2) is 7.98. The molecule has 1 N–H and O–H groups in total. The maximum Gasteiger partial charge on any atom is 0.251 e. The number of aryl methyl sites for hydroxylation is 1. The van der Waals surface area contributed by atoms with Crippen molar-refractivity contribution in [1.82, 2.24) is 9.88 Å². The number of hydrogen-bond donors (Lipinski definition) is 1. The lowest BCUT2D eigenvalue weighted by molar-refractivity contribution is 0.0565. The fraction of sp³-hybridized carbons (Fsp3) is 0.625. The third-order valence-corrected chi connectivity index (χ3v) is 3.86. The summed E-state index contributed by atoms with van der Waals surface area (Å²) in [6, 6.07) is 3.06. The van der Waals surface area contributed by atoms with Crippen molar-refractivity contribution in [2.75, 3.05) is 13.2 Å². The average molecular weight is 292 g/mol. The van der Waals surface area contributed by atoms with Crippen LogP contribution < -0.4 is 10.9 Å². The van der Waals surface area contributed by atoms with E-state index in [0.29, 0.717) is 31.4 Å². The number of ether oxygens (including phenoxy) is 1. The highest BCUT2D eigenvalue weighted by atomic mass is 16.5. The van der Waals surface area contributed by atoms with Crippen molar-refractivity contribution < 1.29 is 9.53 Å². The van der Waals surface area contributed by atoms with Gasteiger partial charge in [-0.2, -0.15) is 0 Å². The number of carbonyl (C=O) groups is 1. The van der Waals surface area contributed by atoms with Crippen LogP contribution in [-0.2, 0) is 11.3 Å². The molecular weight excluding hydrogens is 268 g/mol. The van der Waals surface area contributed by atoms with Crippen LogP contribution in [0.5, 0.6) is 0 Å². The molecule has 0 radical (unpaired) electrons. The summed E-state index contributed by atoms with van der Waals surface area (Å²) in [4.78, 5) is 23.6. The van der Waals surface area contributed by atoms with Crippen LogP contribution in [0.25, 0.3) is 0 Å². The third kappa shape index (κ3) is 4.70. The molecule has 116 valence electrons. The summed E-state index contributed by atoms with van der Waals surface area (Å²) in [6.07, 6.45) is 7.74. The Bertz CT molecular complexity index is 518. The van der Waals surface area contributed by atoms with E-state index in [-0.39, 0.29) is 11.5 Å². The van der Waals surface area contributed by atoms with E-state index in [2.05, 4.69) is 5.32 Å². The number of aromatic nitrogens is 1. The Balaban J connectivity index is 1.69. The van der Waals surface area contributed by atoms with Crippen LogP contribution in [0.15, 0.2) is 23.1 Å². The molecule has 1 amide bonds. The van der Waals surface area contributed by atoms with Crippen LogP contribution in [0.1, 0.15) is 49.4 Å². The second-order valence-corrected chi connectivity index (χ2v) is 5.43. The van der Waals surface area contributed by atoms with Gasteiger partial charge in [0.2, 0.25) is 0 Å². The summed E-state index contributed by atoms with van der Waals surface area (Å²) in [5.74, 6) is -0.198. The Morgan fingerprint density at radius 3 is 2.86 bits per heavy atom. The van der Waals surface area contributed by atoms with Gasteiger partial charge in [0.05, 0.1) is 6.10 Å². The average Bonchev–Trinajstić information content (AvgIpc) is 3.00. The molecule has 1 heterocycles. The first kappa shape index (κ1) is 15.8. The van der Waals surface area contributed by atoms with Crippen LogP contribution in [0, 0.1) is 0 Å². The van der Waals surface area contributed by atoms with Gasteiger partial charge in [-0.05, 0) is 32.3 Å². The van der Waals surface area contributed by atoms with E-state index >= 15 is 0 Å². The molecule has 1 aliphatic rings. The Kier molecular flexibility index (Phi) is 5.99. The van der Waals surface area contributed by atoms with Gasteiger partial charge in [-0.25, -0.2) is 0 Å². The summed E-state index contributed by atoms with van der Waals surface area (Å²) in [5, 5.41) is 2.82. The molecule has 5 nitrogen and oxygen atoms in total. The molecule has 21 heavy (non-hydrogen) atoms. The zero-order chi connectivity index (χ0) is 15.1. The van der Waals surface area contributed by atoms with Crippen molar-refractivity contribution in [2.45, 2.75) is 51.7 Å². The van der Waals surface area contributed by atoms with Crippen molar-refractivity contribution in [3.8, 4) is 0 Å². The van der Waals surface area contributed by atoms with Crippen LogP contribution in [0.2, 0.25) is 0 Å². The molecule has 2 rings (SSSR count). The van der Waals surface area contributed by atoms with Crippen LogP contribution in [-0.4, -0.2) is 29.7 Å². The lowest BCUT2D eigenvalue weighted by Gasteiger charge is -2.11. The molecule has 1 aliphatic carbocycles. The number of amides is 1. The first-order valence-electron chi connectivity index (χ1n) is 7.81. The normalized spacial score (nSPS) is 15.3. The predicted molar refractivity (Wildman–Crippen MR) is 81.5 cm³/mol. The van der Waals surface area contributed by atoms with E-state index in [9.17, 15) is 9.59 Å². The molecule has 1 saturated carbocycles. The zero-order valence-electron chi connectivity index (χ0n) is 12.6. The van der Waals surface area contributed by atoms with Gasteiger partial charge in [-0.15, -0.1) is 0 Å². The van der Waals surface area contributed by atoms with E-state index in [1.165, 1.54) is 31.7 Å². The van der Waals surface area contributed by atoms with Gasteiger partial charge >= 0.3 is 0 Å². The first-order valence-corrected chi connectivity index (χ1v) is 7.81. The van der Waals surface area contributed by atoms with E-state index in [4.69, 9.17) is 4.74 Å². The van der Waals surface area contributed by atoms with Gasteiger partial charge in [-0.1, -0.05) is 12.8 Å². The van der Waals surface area contributed by atoms with E-state index in [0.717, 1.165) is 6.42 Å². The van der Waals surface area contributed by atoms with Gasteiger partial charge in [0.15, 0.2) is 0 Å². The van der Waals surface area contributed by atoms with Crippen LogP contribution in [0.3, 0.4) is 0 Å². The summed E-state index contributed by atoms with van der Waals surface area (Å²) in [5.41, 5.74) is 0.274. The van der Waals surface area contributed by atoms with Crippen LogP contribution >= 0.6 is 0 Å². The highest BCUT2D eigenvalue weighted by molar-refractivity contribution is 5.93. The summed E-state index contributed by atoms with van der Waals surface area (Å²) >= 11 is 0. The molecule has 0 bridgehead atoms. The predicted octanol–water partition coefficient (Wildman–Crippen LogP) is 1.95. The van der Waals surface area contributed by atoms with Crippen molar-refractivity contribution in [2.24, 2.45) is 0 Å². The first-order chi connectivity index (χ1) is 10.2. The molecule has 5 heteroatoms. The van der Waals surface area contributed by atoms with E-state index in [1.54, 1.807) is 16.8 Å². The minimum absolute atomic E-state index is 0.144. The SMILES string of the molecule is CCn1ccc(C(=O)NCCCOC2CCCC2)cc1=O. The van der Waals surface area contributed by atoms with E-state index in [1.807, 2.05) is 6.92 Å². The summed E-state index contributed by atoms with van der Waals surface area (Å²) in [6.45, 7) is 3.76. The number of pyridine rings is 1. The second-order valence-electron chi connectivity index (χ2n) is 5.43. The third-order valence-electron chi connectivity index (χ3n) is 3.86. The summed E-state index contributed by atoms with van der Waals surface area (Å²) < 4.78 is 7.30. The standard InChI is InChI=1S/C16H24N2O3/c1-2-18-10-8-13(12-15(18)19)16(20)17-9-5-11-21-14-6-3-4-7-14/h8,10,12,14H,2-7,9,11H2,1H3,(H,17,20). The maximum atomic E-state index is 11.9. The quantitative estimate of drug-likeness (QED) is 0.781. The number of hydrogen-bond acceptors (Lipinski definition) is 3. The summed E-state index contributed by atoms with van der Waals surface area (Å²) in [7, 11) is 0. The van der Waals surface area contributed by atoms with Gasteiger partial charge in [0.1, 0.15) is 0 Å². The Hall–Kier alpha value is -1.62. The van der Waals surface area contributed by atoms with Gasteiger partial charge < -0.3 is 14.6 Å². The molecule has 0 atom stereocenters. The minimum Gasteiger partial charge on any atom is -0.378 e. The van der Waals surface area contributed by atoms with Gasteiger partial charge in [0.25, 0.3) is 11.5 Å². The molecule has 0 aliphatic heterocycles. The number of rotatable bonds is 7. The molecule has 1 aromatic rings. The van der Waals surface area contributed by atoms with Gasteiger partial charge in [-0.3, -0.25) is 9.59 Å². The Morgan fingerprint density at radius 1 is 1.43 bits per heavy atom. The fourth-order valence-electron chi connectivity index (χ4n) is 2.59. The molecule has 0 unspecified atom stereocenters. The smallest absolute Gasteiger partial charge is 0.251 e. The molecule has 1 fully saturated rings. The Labute approximate surface area is 125 Å². The molecule has 1 aromatic heterocycles. The molecule has 0 spiro atoms. The number of carbonyl (C=O) groups excluding carboxylic acids is 1. The maximum absolute atomic E-state index is 11.9. The van der Waals surface area contributed by atoms with Crippen molar-refractivity contribution in [3.05, 3.63) is 34.2 Å². The monoisotopic (exact) mass is 292 g/mol. The molecule has 0 aromatic carbocycles.